The summed E-state index contributed by atoms with van der Waals surface area (Å²) in [6, 6.07) is 57.9. The summed E-state index contributed by atoms with van der Waals surface area (Å²) in [5, 5.41) is 7.07. The summed E-state index contributed by atoms with van der Waals surface area (Å²) in [4.78, 5) is 10.9. The van der Waals surface area contributed by atoms with E-state index < -0.39 is 0 Å². The van der Waals surface area contributed by atoms with Crippen molar-refractivity contribution in [3.05, 3.63) is 197 Å². The highest BCUT2D eigenvalue weighted by Gasteiger charge is 2.18. The van der Waals surface area contributed by atoms with Crippen molar-refractivity contribution in [1.82, 2.24) is 14.5 Å². The lowest BCUT2D eigenvalue weighted by molar-refractivity contribution is 1.18. The van der Waals surface area contributed by atoms with Gasteiger partial charge in [-0.3, -0.25) is 4.98 Å². The molecule has 0 spiro atoms. The predicted octanol–water partition coefficient (Wildman–Crippen LogP) is 15.6. The van der Waals surface area contributed by atoms with E-state index in [1.165, 1.54) is 93.8 Å². The Hall–Kier alpha value is -7.36. The zero-order valence-corrected chi connectivity index (χ0v) is 35.4. The van der Waals surface area contributed by atoms with E-state index in [1.807, 2.05) is 6.20 Å². The lowest BCUT2D eigenvalue weighted by atomic mass is 9.89. The van der Waals surface area contributed by atoms with Crippen molar-refractivity contribution in [2.75, 3.05) is 0 Å². The monoisotopic (exact) mass is 783 g/mol. The highest BCUT2D eigenvalue weighted by molar-refractivity contribution is 6.24. The van der Waals surface area contributed by atoms with Crippen LogP contribution < -0.4 is 0 Å². The molecule has 11 aromatic rings. The van der Waals surface area contributed by atoms with Crippen molar-refractivity contribution in [2.24, 2.45) is 0 Å². The average Bonchev–Trinajstić information content (AvgIpc) is 3.59. The normalized spacial score (nSPS) is 11.8. The third kappa shape index (κ3) is 6.03. The van der Waals surface area contributed by atoms with Crippen LogP contribution >= 0.6 is 0 Å². The van der Waals surface area contributed by atoms with Gasteiger partial charge in [-0.25, -0.2) is 4.98 Å². The van der Waals surface area contributed by atoms with Gasteiger partial charge in [-0.05, 0) is 156 Å². The Bertz CT molecular complexity index is 3540. The van der Waals surface area contributed by atoms with Crippen molar-refractivity contribution in [3.8, 4) is 50.3 Å². The molecule has 2 heterocycles. The Balaban J connectivity index is 1.10. The topological polar surface area (TPSA) is 30.7 Å². The van der Waals surface area contributed by atoms with Crippen LogP contribution in [0, 0.1) is 41.5 Å². The fourth-order valence-corrected chi connectivity index (χ4v) is 10.3. The molecule has 0 aliphatic carbocycles. The number of hydrogen-bond donors (Lipinski definition) is 0. The maximum absolute atomic E-state index is 5.56. The number of aryl methyl sites for hydroxylation is 6. The fraction of sp³-hybridized carbons (Fsp3) is 0.103. The lowest BCUT2D eigenvalue weighted by Gasteiger charge is -2.17. The highest BCUT2D eigenvalue weighted by atomic mass is 15.0. The molecule has 0 aliphatic heterocycles. The number of benzene rings is 9. The molecule has 2 aromatic heterocycles. The standard InChI is InChI=1S/C58H45N3/c1-34-25-36(3)55(37(4)26-34)43-19-22-46-47-23-20-44(56-38(5)27-35(2)28-39(56)6)32-51(47)58-57(50(46)31-43)59-33-52(60-58)42-14-12-13-40(29-42)41-21-24-54-49(30-41)48-17-10-11-18-53(48)61(54)45-15-8-7-9-16-45/h7-33H,1-6H3. The Morgan fingerprint density at radius 1 is 0.361 bits per heavy atom. The molecule has 3 heteroatoms. The molecule has 0 fully saturated rings. The van der Waals surface area contributed by atoms with Crippen LogP contribution in [0.25, 0.3) is 105 Å². The quantitative estimate of drug-likeness (QED) is 0.163. The van der Waals surface area contributed by atoms with Gasteiger partial charge < -0.3 is 4.57 Å². The number of aromatic nitrogens is 3. The molecule has 0 aliphatic rings. The van der Waals surface area contributed by atoms with Crippen LogP contribution in [0.2, 0.25) is 0 Å². The second-order valence-electron chi connectivity index (χ2n) is 17.0. The third-order valence-corrected chi connectivity index (χ3v) is 12.7. The molecule has 3 nitrogen and oxygen atoms in total. The minimum Gasteiger partial charge on any atom is -0.309 e. The number of rotatable bonds is 5. The van der Waals surface area contributed by atoms with E-state index >= 15 is 0 Å². The van der Waals surface area contributed by atoms with Gasteiger partial charge in [0.05, 0.1) is 34.0 Å². The van der Waals surface area contributed by atoms with Crippen LogP contribution in [0.15, 0.2) is 164 Å². The van der Waals surface area contributed by atoms with Crippen molar-refractivity contribution >= 4 is 54.4 Å². The van der Waals surface area contributed by atoms with Gasteiger partial charge in [0.1, 0.15) is 0 Å². The Morgan fingerprint density at radius 3 is 1.54 bits per heavy atom. The molecule has 292 valence electrons. The zero-order chi connectivity index (χ0) is 41.5. The molecule has 0 bridgehead atoms. The minimum atomic E-state index is 0.853. The Kier molecular flexibility index (Phi) is 8.51. The van der Waals surface area contributed by atoms with Crippen LogP contribution in [0.3, 0.4) is 0 Å². The van der Waals surface area contributed by atoms with E-state index in [1.54, 1.807) is 0 Å². The maximum Gasteiger partial charge on any atom is 0.0979 e. The first-order chi connectivity index (χ1) is 29.7. The van der Waals surface area contributed by atoms with Crippen molar-refractivity contribution in [1.29, 1.82) is 0 Å². The summed E-state index contributed by atoms with van der Waals surface area (Å²) in [6.45, 7) is 13.2. The van der Waals surface area contributed by atoms with Crippen LogP contribution in [-0.4, -0.2) is 14.5 Å². The summed E-state index contributed by atoms with van der Waals surface area (Å²) in [5.41, 5.74) is 22.2. The minimum absolute atomic E-state index is 0.853. The first-order valence-electron chi connectivity index (χ1n) is 21.2. The zero-order valence-electron chi connectivity index (χ0n) is 35.4. The number of hydrogen-bond acceptors (Lipinski definition) is 2. The van der Waals surface area contributed by atoms with Crippen LogP contribution in [0.1, 0.15) is 33.4 Å². The summed E-state index contributed by atoms with van der Waals surface area (Å²) < 4.78 is 2.36. The number of nitrogens with zero attached hydrogens (tertiary/aromatic N) is 3. The second kappa shape index (κ2) is 14.1. The molecule has 0 N–H and O–H groups in total. The molecule has 0 atom stereocenters. The van der Waals surface area contributed by atoms with Gasteiger partial charge in [-0.2, -0.15) is 0 Å². The summed E-state index contributed by atoms with van der Waals surface area (Å²) >= 11 is 0. The fourth-order valence-electron chi connectivity index (χ4n) is 10.3. The van der Waals surface area contributed by atoms with Crippen molar-refractivity contribution < 1.29 is 0 Å². The average molecular weight is 784 g/mol. The van der Waals surface area contributed by atoms with E-state index in [4.69, 9.17) is 9.97 Å². The van der Waals surface area contributed by atoms with E-state index in [9.17, 15) is 0 Å². The molecule has 0 unspecified atom stereocenters. The number of fused-ring (bicyclic) bond motifs is 9. The molecule has 61 heavy (non-hydrogen) atoms. The lowest BCUT2D eigenvalue weighted by Crippen LogP contribution is -1.95. The first-order valence-corrected chi connectivity index (χ1v) is 21.2. The van der Waals surface area contributed by atoms with Crippen molar-refractivity contribution in [3.63, 3.8) is 0 Å². The van der Waals surface area contributed by atoms with Crippen LogP contribution in [0.5, 0.6) is 0 Å². The second-order valence-corrected chi connectivity index (χ2v) is 17.0. The van der Waals surface area contributed by atoms with Gasteiger partial charge in [0.2, 0.25) is 0 Å². The molecule has 0 radical (unpaired) electrons. The van der Waals surface area contributed by atoms with E-state index in [0.717, 1.165) is 44.3 Å². The van der Waals surface area contributed by atoms with E-state index in [0.29, 0.717) is 0 Å². The van der Waals surface area contributed by atoms with Gasteiger partial charge in [-0.15, -0.1) is 0 Å². The smallest absolute Gasteiger partial charge is 0.0979 e. The SMILES string of the molecule is Cc1cc(C)c(-c2ccc3c4ccc(-c5c(C)cc(C)cc5C)cc4c4nc(-c5cccc(-c6ccc7c(c6)c6ccccc6n7-c6ccccc6)c5)cnc4c3c2)c(C)c1. The molecule has 9 aromatic carbocycles. The predicted molar refractivity (Wildman–Crippen MR) is 259 cm³/mol. The molecular formula is C58H45N3. The maximum atomic E-state index is 5.56. The van der Waals surface area contributed by atoms with Gasteiger partial charge in [0.25, 0.3) is 0 Å². The summed E-state index contributed by atoms with van der Waals surface area (Å²) in [5.74, 6) is 0. The molecule has 11 rings (SSSR count). The highest BCUT2D eigenvalue weighted by Crippen LogP contribution is 2.41. The Morgan fingerprint density at radius 2 is 0.885 bits per heavy atom. The van der Waals surface area contributed by atoms with E-state index in [2.05, 4.69) is 204 Å². The van der Waals surface area contributed by atoms with Gasteiger partial charge in [0, 0.05) is 32.8 Å². The third-order valence-electron chi connectivity index (χ3n) is 12.7. The Labute approximate surface area is 356 Å². The van der Waals surface area contributed by atoms with Gasteiger partial charge in [-0.1, -0.05) is 120 Å². The van der Waals surface area contributed by atoms with Crippen LogP contribution in [0.4, 0.5) is 0 Å². The molecular weight excluding hydrogens is 739 g/mol. The first kappa shape index (κ1) is 36.7. The van der Waals surface area contributed by atoms with Gasteiger partial charge >= 0.3 is 0 Å². The summed E-state index contributed by atoms with van der Waals surface area (Å²) in [6.07, 6.45) is 1.97. The molecule has 0 amide bonds. The molecule has 0 saturated heterocycles. The van der Waals surface area contributed by atoms with Crippen molar-refractivity contribution in [2.45, 2.75) is 41.5 Å². The number of para-hydroxylation sites is 2. The van der Waals surface area contributed by atoms with Crippen LogP contribution in [-0.2, 0) is 0 Å². The summed E-state index contributed by atoms with van der Waals surface area (Å²) in [7, 11) is 0. The van der Waals surface area contributed by atoms with E-state index in [-0.39, 0.29) is 0 Å². The largest absolute Gasteiger partial charge is 0.309 e. The van der Waals surface area contributed by atoms with Gasteiger partial charge in [0.15, 0.2) is 0 Å². The molecule has 0 saturated carbocycles.